The Kier molecular flexibility index (Phi) is 5.13. The molecule has 0 amide bonds. The van der Waals surface area contributed by atoms with Gasteiger partial charge in [0.25, 0.3) is 0 Å². The van der Waals surface area contributed by atoms with E-state index in [0.29, 0.717) is 34.3 Å². The lowest BCUT2D eigenvalue weighted by Gasteiger charge is -2.63. The molecule has 0 saturated heterocycles. The number of ketones is 1. The maximum Gasteiger partial charge on any atom is 0.147 e. The second-order valence-electron chi connectivity index (χ2n) is 10.9. The minimum absolute atomic E-state index is 0.00980. The Hall–Kier alpha value is 0.0700. The van der Waals surface area contributed by atoms with Crippen LogP contribution < -0.4 is 0 Å². The number of carbonyl (C=O) groups is 1. The highest BCUT2D eigenvalue weighted by Gasteiger charge is 2.65. The smallest absolute Gasteiger partial charge is 0.147 e. The van der Waals surface area contributed by atoms with Crippen LogP contribution in [0.2, 0.25) is 0 Å². The topological polar surface area (TPSA) is 46.5 Å². The van der Waals surface area contributed by atoms with Gasteiger partial charge in [0.2, 0.25) is 0 Å². The normalized spacial score (nSPS) is 54.7. The number of ether oxygens (including phenoxy) is 1. The minimum atomic E-state index is -0.485. The molecule has 27 heavy (non-hydrogen) atoms. The number of Topliss-reactive ketones (excluding diaryl/α,β-unsaturated/α-hetero) is 1. The monoisotopic (exact) mass is 440 g/mol. The summed E-state index contributed by atoms with van der Waals surface area (Å²) in [5.41, 5.74) is -0.174. The van der Waals surface area contributed by atoms with Crippen LogP contribution in [0.4, 0.5) is 0 Å². The molecule has 0 aliphatic heterocycles. The number of hydrogen-bond donors (Lipinski definition) is 1. The maximum atomic E-state index is 12.7. The Morgan fingerprint density at radius 1 is 1.11 bits per heavy atom. The SMILES string of the molecule is CO[C@@H]1C[C@H]2[C@@H](CC[C@H]3C[C@](C)(O)CC[C@@]32C)[C@@H]2CC[C@H](C(=O)CBr)[C@@]12C. The average molecular weight is 441 g/mol. The van der Waals surface area contributed by atoms with E-state index in [9.17, 15) is 9.90 Å². The van der Waals surface area contributed by atoms with Crippen molar-refractivity contribution in [2.75, 3.05) is 12.4 Å². The summed E-state index contributed by atoms with van der Waals surface area (Å²) in [5.74, 6) is 3.15. The lowest BCUT2D eigenvalue weighted by molar-refractivity contribution is -0.188. The molecule has 4 fully saturated rings. The van der Waals surface area contributed by atoms with E-state index in [1.165, 1.54) is 19.3 Å². The average Bonchev–Trinajstić information content (AvgIpc) is 2.99. The first-order valence-electron chi connectivity index (χ1n) is 11.0. The predicted octanol–water partition coefficient (Wildman–Crippen LogP) is 4.99. The minimum Gasteiger partial charge on any atom is -0.390 e. The molecule has 4 saturated carbocycles. The van der Waals surface area contributed by atoms with Crippen molar-refractivity contribution in [1.82, 2.24) is 0 Å². The van der Waals surface area contributed by atoms with Gasteiger partial charge in [-0.25, -0.2) is 0 Å². The number of methoxy groups -OCH3 is 1. The number of hydrogen-bond acceptors (Lipinski definition) is 3. The standard InChI is InChI=1S/C23H37BrO3/c1-21(26)9-10-22(2)14(12-21)5-6-15-16-7-8-17(19(25)13-24)23(16,3)20(27-4)11-18(15)22/h14-18,20,26H,5-13H2,1-4H3/t14-,15-,16-,17+,18-,20+,21+,22-,23-/m0/s1. The Balaban J connectivity index is 1.67. The fourth-order valence-corrected chi connectivity index (χ4v) is 8.73. The molecule has 0 heterocycles. The number of carbonyl (C=O) groups excluding carboxylic acids is 1. The van der Waals surface area contributed by atoms with E-state index in [0.717, 1.165) is 38.0 Å². The zero-order valence-electron chi connectivity index (χ0n) is 17.5. The van der Waals surface area contributed by atoms with Crippen LogP contribution in [0.15, 0.2) is 0 Å². The summed E-state index contributed by atoms with van der Waals surface area (Å²) < 4.78 is 6.13. The first-order valence-corrected chi connectivity index (χ1v) is 12.1. The van der Waals surface area contributed by atoms with Gasteiger partial charge in [-0.05, 0) is 87.4 Å². The van der Waals surface area contributed by atoms with Crippen LogP contribution in [0, 0.1) is 40.4 Å². The van der Waals surface area contributed by atoms with E-state index >= 15 is 0 Å². The highest BCUT2D eigenvalue weighted by atomic mass is 79.9. The van der Waals surface area contributed by atoms with Crippen LogP contribution in [-0.2, 0) is 9.53 Å². The van der Waals surface area contributed by atoms with E-state index < -0.39 is 5.60 Å². The number of alkyl halides is 1. The number of fused-ring (bicyclic) bond motifs is 5. The second-order valence-corrected chi connectivity index (χ2v) is 11.5. The van der Waals surface area contributed by atoms with E-state index in [4.69, 9.17) is 4.74 Å². The third-order valence-electron chi connectivity index (χ3n) is 9.83. The largest absolute Gasteiger partial charge is 0.390 e. The van der Waals surface area contributed by atoms with Crippen molar-refractivity contribution in [2.45, 2.75) is 83.8 Å². The van der Waals surface area contributed by atoms with Crippen molar-refractivity contribution in [2.24, 2.45) is 40.4 Å². The van der Waals surface area contributed by atoms with Crippen molar-refractivity contribution in [3.63, 3.8) is 0 Å². The molecule has 1 N–H and O–H groups in total. The molecule has 4 aliphatic carbocycles. The summed E-state index contributed by atoms with van der Waals surface area (Å²) in [6.07, 6.45) is 9.01. The summed E-state index contributed by atoms with van der Waals surface area (Å²) in [4.78, 5) is 12.7. The molecule has 0 unspecified atom stereocenters. The fraction of sp³-hybridized carbons (Fsp3) is 0.957. The van der Waals surface area contributed by atoms with Crippen molar-refractivity contribution in [3.05, 3.63) is 0 Å². The van der Waals surface area contributed by atoms with Crippen LogP contribution in [0.1, 0.15) is 72.1 Å². The van der Waals surface area contributed by atoms with Crippen LogP contribution in [0.25, 0.3) is 0 Å². The molecule has 4 rings (SSSR count). The molecule has 0 aromatic heterocycles. The second kappa shape index (κ2) is 6.80. The van der Waals surface area contributed by atoms with E-state index in [1.807, 2.05) is 14.0 Å². The Labute approximate surface area is 173 Å². The summed E-state index contributed by atoms with van der Waals surface area (Å²) in [5, 5.41) is 11.1. The molecule has 9 atom stereocenters. The first kappa shape index (κ1) is 20.3. The predicted molar refractivity (Wildman–Crippen MR) is 111 cm³/mol. The molecular formula is C23H37BrO3. The summed E-state index contributed by atoms with van der Waals surface area (Å²) in [7, 11) is 1.86. The van der Waals surface area contributed by atoms with Crippen molar-refractivity contribution in [3.8, 4) is 0 Å². The number of halogens is 1. The summed E-state index contributed by atoms with van der Waals surface area (Å²) in [6.45, 7) is 6.90. The fourth-order valence-electron chi connectivity index (χ4n) is 8.34. The van der Waals surface area contributed by atoms with E-state index in [1.54, 1.807) is 0 Å². The molecule has 0 aromatic carbocycles. The third kappa shape index (κ3) is 2.91. The van der Waals surface area contributed by atoms with Gasteiger partial charge in [-0.3, -0.25) is 4.79 Å². The van der Waals surface area contributed by atoms with Gasteiger partial charge in [-0.1, -0.05) is 29.8 Å². The van der Waals surface area contributed by atoms with Gasteiger partial charge in [-0.15, -0.1) is 0 Å². The highest BCUT2D eigenvalue weighted by Crippen LogP contribution is 2.68. The number of rotatable bonds is 3. The maximum absolute atomic E-state index is 12.7. The molecular weight excluding hydrogens is 404 g/mol. The first-order chi connectivity index (χ1) is 12.7. The van der Waals surface area contributed by atoms with Gasteiger partial charge < -0.3 is 9.84 Å². The molecule has 0 spiro atoms. The van der Waals surface area contributed by atoms with Gasteiger partial charge in [0.1, 0.15) is 5.78 Å². The van der Waals surface area contributed by atoms with Crippen LogP contribution in [-0.4, -0.2) is 35.0 Å². The van der Waals surface area contributed by atoms with Crippen LogP contribution >= 0.6 is 15.9 Å². The molecule has 4 aliphatic rings. The Morgan fingerprint density at radius 2 is 1.85 bits per heavy atom. The lowest BCUT2D eigenvalue weighted by Crippen LogP contribution is -2.60. The van der Waals surface area contributed by atoms with Gasteiger partial charge >= 0.3 is 0 Å². The van der Waals surface area contributed by atoms with E-state index in [-0.39, 0.29) is 17.4 Å². The highest BCUT2D eigenvalue weighted by molar-refractivity contribution is 9.09. The molecule has 0 aromatic rings. The van der Waals surface area contributed by atoms with Gasteiger partial charge in [0.05, 0.1) is 17.0 Å². The summed E-state index contributed by atoms with van der Waals surface area (Å²) >= 11 is 3.43. The lowest BCUT2D eigenvalue weighted by atomic mass is 9.43. The van der Waals surface area contributed by atoms with Gasteiger partial charge in [0, 0.05) is 18.4 Å². The Bertz CT molecular complexity index is 604. The van der Waals surface area contributed by atoms with E-state index in [2.05, 4.69) is 29.8 Å². The Morgan fingerprint density at radius 3 is 2.52 bits per heavy atom. The molecule has 0 bridgehead atoms. The molecule has 154 valence electrons. The number of aliphatic hydroxyl groups is 1. The van der Waals surface area contributed by atoms with Gasteiger partial charge in [0.15, 0.2) is 0 Å². The van der Waals surface area contributed by atoms with Crippen LogP contribution in [0.5, 0.6) is 0 Å². The zero-order chi connectivity index (χ0) is 19.6. The molecule has 3 nitrogen and oxygen atoms in total. The quantitative estimate of drug-likeness (QED) is 0.628. The molecule has 0 radical (unpaired) electrons. The molecule has 4 heteroatoms. The van der Waals surface area contributed by atoms with Crippen molar-refractivity contribution < 1.29 is 14.6 Å². The van der Waals surface area contributed by atoms with Crippen molar-refractivity contribution in [1.29, 1.82) is 0 Å². The van der Waals surface area contributed by atoms with Gasteiger partial charge in [-0.2, -0.15) is 0 Å². The van der Waals surface area contributed by atoms with Crippen molar-refractivity contribution >= 4 is 21.7 Å². The zero-order valence-corrected chi connectivity index (χ0v) is 19.1. The van der Waals surface area contributed by atoms with Crippen LogP contribution in [0.3, 0.4) is 0 Å². The third-order valence-corrected chi connectivity index (χ3v) is 10.4. The summed E-state index contributed by atoms with van der Waals surface area (Å²) in [6, 6.07) is 0.